The number of alkyl halides is 2. The van der Waals surface area contributed by atoms with Crippen LogP contribution in [-0.2, 0) is 7.05 Å². The van der Waals surface area contributed by atoms with Crippen LogP contribution in [0.15, 0.2) is 36.4 Å². The Labute approximate surface area is 180 Å². The highest BCUT2D eigenvalue weighted by atomic mass is 19.3. The van der Waals surface area contributed by atoms with Gasteiger partial charge in [-0.25, -0.2) is 13.8 Å². The molecule has 3 rings (SSSR count). The third-order valence-electron chi connectivity index (χ3n) is 4.75. The first-order chi connectivity index (χ1) is 14.6. The van der Waals surface area contributed by atoms with Crippen LogP contribution >= 0.6 is 0 Å². The first-order valence-corrected chi connectivity index (χ1v) is 9.73. The van der Waals surface area contributed by atoms with Crippen LogP contribution in [0.3, 0.4) is 0 Å². The largest absolute Gasteiger partial charge is 0.481 e. The normalized spacial score (nSPS) is 11.5. The average molecular weight is 428 g/mol. The second kappa shape index (κ2) is 8.71. The summed E-state index contributed by atoms with van der Waals surface area (Å²) in [5.74, 6) is 1.49. The number of benzene rings is 1. The summed E-state index contributed by atoms with van der Waals surface area (Å²) in [6.45, 7) is 4.61. The van der Waals surface area contributed by atoms with E-state index in [0.717, 1.165) is 23.0 Å². The van der Waals surface area contributed by atoms with Crippen molar-refractivity contribution in [3.63, 3.8) is 0 Å². The summed E-state index contributed by atoms with van der Waals surface area (Å²) >= 11 is 0. The number of rotatable bonds is 8. The molecule has 0 spiro atoms. The Morgan fingerprint density at radius 1 is 1.23 bits per heavy atom. The predicted octanol–water partition coefficient (Wildman–Crippen LogP) is 5.00. The summed E-state index contributed by atoms with van der Waals surface area (Å²) in [6, 6.07) is 11.4. The number of nitrogens with zero attached hydrogens (tertiary/aromatic N) is 3. The van der Waals surface area contributed by atoms with E-state index in [4.69, 9.17) is 10.1 Å². The average Bonchev–Trinajstić information content (AvgIpc) is 3.07. The van der Waals surface area contributed by atoms with Crippen LogP contribution in [0.1, 0.15) is 25.0 Å². The molecule has 0 saturated heterocycles. The van der Waals surface area contributed by atoms with Gasteiger partial charge in [0.2, 0.25) is 0 Å². The Morgan fingerprint density at radius 2 is 1.97 bits per heavy atom. The van der Waals surface area contributed by atoms with E-state index in [-0.39, 0.29) is 11.3 Å². The Balaban J connectivity index is 1.98. The van der Waals surface area contributed by atoms with Gasteiger partial charge in [0, 0.05) is 38.0 Å². The zero-order valence-electron chi connectivity index (χ0n) is 18.1. The van der Waals surface area contributed by atoms with Crippen molar-refractivity contribution in [1.29, 1.82) is 5.41 Å². The van der Waals surface area contributed by atoms with E-state index in [0.29, 0.717) is 17.5 Å². The first kappa shape index (κ1) is 22.2. The smallest absolute Gasteiger partial charge is 0.276 e. The number of aromatic nitrogens is 3. The van der Waals surface area contributed by atoms with Gasteiger partial charge in [-0.05, 0) is 26.8 Å². The van der Waals surface area contributed by atoms with Crippen LogP contribution < -0.4 is 15.4 Å². The number of anilines is 3. The third-order valence-corrected chi connectivity index (χ3v) is 4.75. The van der Waals surface area contributed by atoms with Gasteiger partial charge in [-0.2, -0.15) is 5.10 Å². The second-order valence-corrected chi connectivity index (χ2v) is 7.70. The monoisotopic (exact) mass is 428 g/mol. The summed E-state index contributed by atoms with van der Waals surface area (Å²) < 4.78 is 34.0. The van der Waals surface area contributed by atoms with Gasteiger partial charge in [0.1, 0.15) is 23.2 Å². The molecule has 0 aliphatic carbocycles. The van der Waals surface area contributed by atoms with E-state index in [9.17, 15) is 8.78 Å². The molecule has 0 amide bonds. The highest BCUT2D eigenvalue weighted by molar-refractivity contribution is 5.89. The number of halogens is 2. The molecule has 0 aliphatic rings. The van der Waals surface area contributed by atoms with Gasteiger partial charge in [0.05, 0.1) is 11.3 Å². The quantitative estimate of drug-likeness (QED) is 0.440. The minimum atomic E-state index is -2.71. The minimum Gasteiger partial charge on any atom is -0.481 e. The molecular formula is C22H26F2N6O. The summed E-state index contributed by atoms with van der Waals surface area (Å²) in [5, 5.41) is 18.3. The summed E-state index contributed by atoms with van der Waals surface area (Å²) in [7, 11) is 3.44. The molecule has 2 heterocycles. The van der Waals surface area contributed by atoms with Crippen LogP contribution in [0.5, 0.6) is 5.75 Å². The van der Waals surface area contributed by atoms with E-state index in [1.54, 1.807) is 18.8 Å². The van der Waals surface area contributed by atoms with Gasteiger partial charge < -0.3 is 20.8 Å². The fourth-order valence-corrected chi connectivity index (χ4v) is 3.00. The Bertz CT molecular complexity index is 1090. The lowest BCUT2D eigenvalue weighted by Crippen LogP contribution is -2.37. The van der Waals surface area contributed by atoms with Crippen LogP contribution in [0.25, 0.3) is 11.3 Å². The predicted molar refractivity (Wildman–Crippen MR) is 119 cm³/mol. The van der Waals surface area contributed by atoms with Gasteiger partial charge in [-0.3, -0.25) is 4.68 Å². The van der Waals surface area contributed by atoms with Crippen LogP contribution in [0, 0.1) is 12.3 Å². The SMILES string of the molecule is CNc1nc(Nc2cc(-c3cccc(C)c3)nn2C)cc(OC(C)(C)C(F)F)c1C=N. The molecule has 0 bridgehead atoms. The molecule has 0 aliphatic heterocycles. The summed E-state index contributed by atoms with van der Waals surface area (Å²) in [4.78, 5) is 4.45. The number of aryl methyl sites for hydroxylation is 2. The van der Waals surface area contributed by atoms with Crippen molar-refractivity contribution in [2.45, 2.75) is 32.8 Å². The van der Waals surface area contributed by atoms with Gasteiger partial charge in [0.15, 0.2) is 5.60 Å². The molecule has 0 saturated carbocycles. The number of hydrogen-bond donors (Lipinski definition) is 3. The van der Waals surface area contributed by atoms with Crippen molar-refractivity contribution in [2.24, 2.45) is 7.05 Å². The van der Waals surface area contributed by atoms with E-state index in [1.807, 2.05) is 37.3 Å². The van der Waals surface area contributed by atoms with Crippen LogP contribution in [0.2, 0.25) is 0 Å². The fraction of sp³-hybridized carbons (Fsp3) is 0.318. The molecule has 2 aromatic heterocycles. The van der Waals surface area contributed by atoms with Gasteiger partial charge in [-0.15, -0.1) is 0 Å². The highest BCUT2D eigenvalue weighted by Crippen LogP contribution is 2.33. The zero-order valence-corrected chi connectivity index (χ0v) is 18.1. The molecule has 9 heteroatoms. The standard InChI is InChI=1S/C22H26F2N6O/c1-13-7-6-8-14(9-13)16-10-19(30(5)29-16)27-18-11-17(31-22(2,3)21(23)24)15(12-25)20(26-4)28-18/h6-12,21,25H,1-5H3,(H2,26,27,28). The van der Waals surface area contributed by atoms with E-state index in [1.165, 1.54) is 19.9 Å². The molecule has 164 valence electrons. The lowest BCUT2D eigenvalue weighted by molar-refractivity contribution is -0.0511. The zero-order chi connectivity index (χ0) is 22.8. The van der Waals surface area contributed by atoms with Gasteiger partial charge in [0.25, 0.3) is 6.43 Å². The van der Waals surface area contributed by atoms with Crippen LogP contribution in [0.4, 0.5) is 26.2 Å². The number of pyridine rings is 1. The first-order valence-electron chi connectivity index (χ1n) is 9.73. The lowest BCUT2D eigenvalue weighted by Gasteiger charge is -2.27. The van der Waals surface area contributed by atoms with Gasteiger partial charge >= 0.3 is 0 Å². The number of nitrogens with one attached hydrogen (secondary N) is 3. The van der Waals surface area contributed by atoms with Crippen molar-refractivity contribution in [3.8, 4) is 17.0 Å². The maximum atomic E-state index is 13.4. The lowest BCUT2D eigenvalue weighted by atomic mass is 10.1. The topological polar surface area (TPSA) is 87.8 Å². The van der Waals surface area contributed by atoms with E-state index in [2.05, 4.69) is 20.7 Å². The maximum Gasteiger partial charge on any atom is 0.276 e. The van der Waals surface area contributed by atoms with Crippen molar-refractivity contribution < 1.29 is 13.5 Å². The molecule has 7 nitrogen and oxygen atoms in total. The molecule has 3 aromatic rings. The third kappa shape index (κ3) is 4.82. The molecule has 0 radical (unpaired) electrons. The molecule has 31 heavy (non-hydrogen) atoms. The van der Waals surface area contributed by atoms with E-state index >= 15 is 0 Å². The van der Waals surface area contributed by atoms with E-state index < -0.39 is 12.0 Å². The van der Waals surface area contributed by atoms with Crippen molar-refractivity contribution in [3.05, 3.63) is 47.5 Å². The summed E-state index contributed by atoms with van der Waals surface area (Å²) in [6.07, 6.45) is -1.68. The fourth-order valence-electron chi connectivity index (χ4n) is 3.00. The van der Waals surface area contributed by atoms with Crippen molar-refractivity contribution in [2.75, 3.05) is 17.7 Å². The Hall–Kier alpha value is -3.49. The number of hydrogen-bond acceptors (Lipinski definition) is 6. The molecule has 0 fully saturated rings. The molecular weight excluding hydrogens is 402 g/mol. The number of ether oxygens (including phenoxy) is 1. The van der Waals surface area contributed by atoms with Crippen molar-refractivity contribution in [1.82, 2.24) is 14.8 Å². The highest BCUT2D eigenvalue weighted by Gasteiger charge is 2.33. The molecule has 3 N–H and O–H groups in total. The molecule has 1 aromatic carbocycles. The minimum absolute atomic E-state index is 0.128. The molecule has 0 atom stereocenters. The summed E-state index contributed by atoms with van der Waals surface area (Å²) in [5.41, 5.74) is 1.45. The maximum absolute atomic E-state index is 13.4. The van der Waals surface area contributed by atoms with Crippen LogP contribution in [-0.4, -0.2) is 40.1 Å². The molecule has 0 unspecified atom stereocenters. The van der Waals surface area contributed by atoms with Crippen molar-refractivity contribution >= 4 is 23.7 Å². The van der Waals surface area contributed by atoms with Gasteiger partial charge in [-0.1, -0.05) is 23.8 Å². The Morgan fingerprint density at radius 3 is 2.58 bits per heavy atom. The second-order valence-electron chi connectivity index (χ2n) is 7.70. The Kier molecular flexibility index (Phi) is 6.24.